The molecule has 0 aromatic heterocycles. The van der Waals surface area contributed by atoms with E-state index in [2.05, 4.69) is 23.2 Å². The van der Waals surface area contributed by atoms with E-state index in [1.807, 2.05) is 0 Å². The van der Waals surface area contributed by atoms with Gasteiger partial charge in [-0.3, -0.25) is 0 Å². The standard InChI is InChI=1S/C18H37BrO/c1-2-3-4-5-6-7-8-9-10-11-12-13-14-15-16-17-18-20-19/h2-18H2,1H3. The summed E-state index contributed by atoms with van der Waals surface area (Å²) < 4.78 is 4.87. The van der Waals surface area contributed by atoms with E-state index < -0.39 is 0 Å². The summed E-state index contributed by atoms with van der Waals surface area (Å²) in [7, 11) is 0. The van der Waals surface area contributed by atoms with E-state index in [0.29, 0.717) is 0 Å². The fourth-order valence-electron chi connectivity index (χ4n) is 2.70. The van der Waals surface area contributed by atoms with Crippen LogP contribution in [0.15, 0.2) is 0 Å². The molecule has 0 rings (SSSR count). The molecule has 0 saturated carbocycles. The van der Waals surface area contributed by atoms with Crippen molar-refractivity contribution in [2.75, 3.05) is 6.61 Å². The van der Waals surface area contributed by atoms with E-state index in [-0.39, 0.29) is 0 Å². The van der Waals surface area contributed by atoms with Gasteiger partial charge in [-0.05, 0) is 6.42 Å². The molecule has 0 spiro atoms. The summed E-state index contributed by atoms with van der Waals surface area (Å²) in [5.41, 5.74) is 0. The Kier molecular flexibility index (Phi) is 19.9. The summed E-state index contributed by atoms with van der Waals surface area (Å²) >= 11 is 2.99. The second-order valence-electron chi connectivity index (χ2n) is 6.12. The van der Waals surface area contributed by atoms with Gasteiger partial charge in [0.25, 0.3) is 0 Å². The van der Waals surface area contributed by atoms with Crippen LogP contribution in [0.3, 0.4) is 0 Å². The van der Waals surface area contributed by atoms with Crippen LogP contribution in [-0.2, 0) is 3.83 Å². The van der Waals surface area contributed by atoms with E-state index in [1.54, 1.807) is 0 Å². The van der Waals surface area contributed by atoms with Crippen LogP contribution in [0.4, 0.5) is 0 Å². The molecule has 0 heterocycles. The van der Waals surface area contributed by atoms with Crippen LogP contribution in [0.25, 0.3) is 0 Å². The van der Waals surface area contributed by atoms with Gasteiger partial charge >= 0.3 is 0 Å². The van der Waals surface area contributed by atoms with Gasteiger partial charge in [0.1, 0.15) is 0 Å². The summed E-state index contributed by atoms with van der Waals surface area (Å²) in [6.07, 6.45) is 22.7. The Hall–Kier alpha value is 0.440. The van der Waals surface area contributed by atoms with Crippen molar-refractivity contribution in [1.29, 1.82) is 0 Å². The van der Waals surface area contributed by atoms with Crippen LogP contribution >= 0.6 is 16.3 Å². The minimum absolute atomic E-state index is 0.860. The summed E-state index contributed by atoms with van der Waals surface area (Å²) in [4.78, 5) is 0. The second kappa shape index (κ2) is 19.4. The Bertz CT molecular complexity index is 143. The highest BCUT2D eigenvalue weighted by Gasteiger charge is 1.94. The molecule has 122 valence electrons. The Morgan fingerprint density at radius 1 is 0.500 bits per heavy atom. The Balaban J connectivity index is 2.89. The van der Waals surface area contributed by atoms with Crippen molar-refractivity contribution in [1.82, 2.24) is 0 Å². The van der Waals surface area contributed by atoms with E-state index in [4.69, 9.17) is 3.83 Å². The molecule has 0 radical (unpaired) electrons. The maximum Gasteiger partial charge on any atom is 0.0987 e. The molecule has 0 aromatic carbocycles. The Morgan fingerprint density at radius 3 is 1.10 bits per heavy atom. The zero-order valence-electron chi connectivity index (χ0n) is 13.8. The topological polar surface area (TPSA) is 9.23 Å². The van der Waals surface area contributed by atoms with Crippen molar-refractivity contribution in [2.24, 2.45) is 0 Å². The van der Waals surface area contributed by atoms with Crippen molar-refractivity contribution >= 4 is 16.3 Å². The fourth-order valence-corrected chi connectivity index (χ4v) is 2.93. The monoisotopic (exact) mass is 348 g/mol. The molecule has 0 bridgehead atoms. The van der Waals surface area contributed by atoms with Crippen LogP contribution in [0.5, 0.6) is 0 Å². The smallest absolute Gasteiger partial charge is 0.0987 e. The third-order valence-electron chi connectivity index (χ3n) is 4.08. The van der Waals surface area contributed by atoms with Crippen LogP contribution in [-0.4, -0.2) is 6.61 Å². The van der Waals surface area contributed by atoms with E-state index >= 15 is 0 Å². The molecule has 2 heteroatoms. The third kappa shape index (κ3) is 18.4. The number of unbranched alkanes of at least 4 members (excludes halogenated alkanes) is 15. The zero-order valence-corrected chi connectivity index (χ0v) is 15.4. The molecular weight excluding hydrogens is 312 g/mol. The highest BCUT2D eigenvalue weighted by molar-refractivity contribution is 9.06. The highest BCUT2D eigenvalue weighted by Crippen LogP contribution is 2.13. The van der Waals surface area contributed by atoms with Gasteiger partial charge in [0.15, 0.2) is 0 Å². The van der Waals surface area contributed by atoms with Crippen LogP contribution < -0.4 is 0 Å². The maximum absolute atomic E-state index is 4.87. The van der Waals surface area contributed by atoms with Crippen LogP contribution in [0.2, 0.25) is 0 Å². The van der Waals surface area contributed by atoms with Gasteiger partial charge in [-0.25, -0.2) is 0 Å². The Morgan fingerprint density at radius 2 is 0.800 bits per heavy atom. The van der Waals surface area contributed by atoms with Gasteiger partial charge < -0.3 is 3.83 Å². The molecule has 0 aliphatic rings. The lowest BCUT2D eigenvalue weighted by atomic mass is 10.0. The van der Waals surface area contributed by atoms with E-state index in [1.165, 1.54) is 103 Å². The molecule has 20 heavy (non-hydrogen) atoms. The maximum atomic E-state index is 4.87. The van der Waals surface area contributed by atoms with Crippen molar-refractivity contribution in [3.05, 3.63) is 0 Å². The molecule has 0 aliphatic carbocycles. The number of hydrogen-bond acceptors (Lipinski definition) is 1. The molecule has 0 saturated heterocycles. The molecule has 0 aromatic rings. The van der Waals surface area contributed by atoms with Crippen molar-refractivity contribution in [3.8, 4) is 0 Å². The van der Waals surface area contributed by atoms with Crippen molar-refractivity contribution in [3.63, 3.8) is 0 Å². The summed E-state index contributed by atoms with van der Waals surface area (Å²) in [6.45, 7) is 3.15. The lowest BCUT2D eigenvalue weighted by molar-refractivity contribution is 0.374. The lowest BCUT2D eigenvalue weighted by Crippen LogP contribution is -1.85. The first-order valence-electron chi connectivity index (χ1n) is 9.15. The average molecular weight is 349 g/mol. The molecule has 0 atom stereocenters. The van der Waals surface area contributed by atoms with Gasteiger partial charge in [-0.15, -0.1) is 0 Å². The van der Waals surface area contributed by atoms with Gasteiger partial charge in [-0.1, -0.05) is 103 Å². The van der Waals surface area contributed by atoms with Crippen molar-refractivity contribution < 1.29 is 3.83 Å². The predicted octanol–water partition coefficient (Wildman–Crippen LogP) is 7.57. The first-order chi connectivity index (χ1) is 9.91. The first-order valence-corrected chi connectivity index (χ1v) is 9.80. The number of hydrogen-bond donors (Lipinski definition) is 0. The fraction of sp³-hybridized carbons (Fsp3) is 1.00. The average Bonchev–Trinajstić information content (AvgIpc) is 2.47. The predicted molar refractivity (Wildman–Crippen MR) is 94.4 cm³/mol. The molecule has 0 amide bonds. The zero-order chi connectivity index (χ0) is 14.7. The quantitative estimate of drug-likeness (QED) is 0.246. The summed E-state index contributed by atoms with van der Waals surface area (Å²) in [5, 5.41) is 0. The summed E-state index contributed by atoms with van der Waals surface area (Å²) in [5.74, 6) is 0. The van der Waals surface area contributed by atoms with Crippen LogP contribution in [0.1, 0.15) is 110 Å². The van der Waals surface area contributed by atoms with Gasteiger partial charge in [-0.2, -0.15) is 0 Å². The highest BCUT2D eigenvalue weighted by atomic mass is 79.9. The number of rotatable bonds is 17. The van der Waals surface area contributed by atoms with Gasteiger partial charge in [0.2, 0.25) is 0 Å². The first kappa shape index (κ1) is 20.4. The van der Waals surface area contributed by atoms with Crippen molar-refractivity contribution in [2.45, 2.75) is 110 Å². The molecule has 0 fully saturated rings. The molecule has 0 unspecified atom stereocenters. The molecular formula is C18H37BrO. The Labute approximate surface area is 136 Å². The molecule has 0 aliphatic heterocycles. The van der Waals surface area contributed by atoms with E-state index in [0.717, 1.165) is 6.61 Å². The molecule has 0 N–H and O–H groups in total. The van der Waals surface area contributed by atoms with E-state index in [9.17, 15) is 0 Å². The largest absolute Gasteiger partial charge is 0.308 e. The SMILES string of the molecule is CCCCCCCCCCCCCCCCCCOBr. The normalized spacial score (nSPS) is 11.1. The third-order valence-corrected chi connectivity index (χ3v) is 4.40. The minimum Gasteiger partial charge on any atom is -0.308 e. The number of halogens is 1. The van der Waals surface area contributed by atoms with Crippen LogP contribution in [0, 0.1) is 0 Å². The minimum atomic E-state index is 0.860. The second-order valence-corrected chi connectivity index (χ2v) is 6.57. The molecule has 1 nitrogen and oxygen atoms in total. The van der Waals surface area contributed by atoms with Gasteiger partial charge in [0.05, 0.1) is 22.9 Å². The lowest BCUT2D eigenvalue weighted by Gasteiger charge is -2.03. The van der Waals surface area contributed by atoms with Gasteiger partial charge in [0, 0.05) is 0 Å². The summed E-state index contributed by atoms with van der Waals surface area (Å²) in [6, 6.07) is 0.